The van der Waals surface area contributed by atoms with E-state index in [4.69, 9.17) is 0 Å². The van der Waals surface area contributed by atoms with Gasteiger partial charge >= 0.3 is 0 Å². The van der Waals surface area contributed by atoms with Gasteiger partial charge in [-0.1, -0.05) is 22.0 Å². The maximum atomic E-state index is 12.5. The summed E-state index contributed by atoms with van der Waals surface area (Å²) in [5.74, 6) is 0.0366. The monoisotopic (exact) mass is 425 g/mol. The number of hydrogen-bond donors (Lipinski definition) is 1. The van der Waals surface area contributed by atoms with E-state index in [1.807, 2.05) is 42.5 Å². The first-order valence-electron chi connectivity index (χ1n) is 5.72. The number of benzene rings is 2. The topological polar surface area (TPSA) is 32.9 Å². The number of halogens is 2. The average Bonchev–Trinajstić information content (AvgIpc) is 2.84. The van der Waals surface area contributed by atoms with Crippen LogP contribution in [-0.2, 0) is 0 Å². The summed E-state index contributed by atoms with van der Waals surface area (Å²) in [6.07, 6.45) is 1.77. The molecule has 94 valence electrons. The second kappa shape index (κ2) is 5.09. The van der Waals surface area contributed by atoms with Crippen molar-refractivity contribution < 1.29 is 4.79 Å². The number of fused-ring (bicyclic) bond motifs is 1. The maximum absolute atomic E-state index is 12.5. The molecule has 2 nitrogen and oxygen atoms in total. The van der Waals surface area contributed by atoms with Gasteiger partial charge in [0.2, 0.25) is 0 Å². The van der Waals surface area contributed by atoms with E-state index >= 15 is 0 Å². The SMILES string of the molecule is O=C(c1ccc(I)cc1)c1c[nH]c2cccc(Br)c12. The molecule has 0 aliphatic carbocycles. The largest absolute Gasteiger partial charge is 0.360 e. The van der Waals surface area contributed by atoms with Crippen LogP contribution in [-0.4, -0.2) is 10.8 Å². The second-order valence-corrected chi connectivity index (χ2v) is 6.30. The Morgan fingerprint density at radius 1 is 1.11 bits per heavy atom. The van der Waals surface area contributed by atoms with Gasteiger partial charge in [0.1, 0.15) is 0 Å². The molecule has 0 spiro atoms. The number of aromatic amines is 1. The summed E-state index contributed by atoms with van der Waals surface area (Å²) < 4.78 is 2.05. The standard InChI is InChI=1S/C15H9BrINO/c16-12-2-1-3-13-14(12)11(8-18-13)15(19)9-4-6-10(17)7-5-9/h1-8,18H. The number of carbonyl (C=O) groups excluding carboxylic acids is 1. The van der Waals surface area contributed by atoms with Crippen LogP contribution in [0.3, 0.4) is 0 Å². The molecule has 0 bridgehead atoms. The number of H-pyrrole nitrogens is 1. The smallest absolute Gasteiger partial charge is 0.195 e. The summed E-state index contributed by atoms with van der Waals surface area (Å²) in [5, 5.41) is 0.936. The summed E-state index contributed by atoms with van der Waals surface area (Å²) >= 11 is 5.73. The molecule has 0 aliphatic rings. The third kappa shape index (κ3) is 2.34. The highest BCUT2D eigenvalue weighted by Gasteiger charge is 2.15. The molecule has 0 unspecified atom stereocenters. The van der Waals surface area contributed by atoms with Gasteiger partial charge in [0.15, 0.2) is 5.78 Å². The quantitative estimate of drug-likeness (QED) is 0.465. The number of carbonyl (C=O) groups is 1. The van der Waals surface area contributed by atoms with Crippen molar-refractivity contribution in [2.45, 2.75) is 0 Å². The zero-order valence-electron chi connectivity index (χ0n) is 9.78. The Hall–Kier alpha value is -1.14. The number of ketones is 1. The van der Waals surface area contributed by atoms with Crippen molar-refractivity contribution in [3.63, 3.8) is 0 Å². The molecular formula is C15H9BrINO. The molecule has 3 aromatic rings. The zero-order valence-corrected chi connectivity index (χ0v) is 13.5. The van der Waals surface area contributed by atoms with Gasteiger partial charge in [-0.3, -0.25) is 4.79 Å². The van der Waals surface area contributed by atoms with Crippen molar-refractivity contribution >= 4 is 55.2 Å². The van der Waals surface area contributed by atoms with Gasteiger partial charge in [-0.15, -0.1) is 0 Å². The molecule has 0 saturated carbocycles. The lowest BCUT2D eigenvalue weighted by Gasteiger charge is -2.01. The molecule has 0 fully saturated rings. The minimum Gasteiger partial charge on any atom is -0.360 e. The van der Waals surface area contributed by atoms with E-state index in [-0.39, 0.29) is 5.78 Å². The molecule has 1 heterocycles. The molecule has 0 aliphatic heterocycles. The Balaban J connectivity index is 2.14. The number of rotatable bonds is 2. The highest BCUT2D eigenvalue weighted by atomic mass is 127. The second-order valence-electron chi connectivity index (χ2n) is 4.20. The van der Waals surface area contributed by atoms with Gasteiger partial charge in [-0.2, -0.15) is 0 Å². The van der Waals surface area contributed by atoms with Crippen LogP contribution in [0.25, 0.3) is 10.9 Å². The lowest BCUT2D eigenvalue weighted by Crippen LogP contribution is -2.00. The minimum absolute atomic E-state index is 0.0366. The van der Waals surface area contributed by atoms with Crippen LogP contribution >= 0.6 is 38.5 Å². The third-order valence-electron chi connectivity index (χ3n) is 3.01. The highest BCUT2D eigenvalue weighted by Crippen LogP contribution is 2.28. The van der Waals surface area contributed by atoms with Crippen molar-refractivity contribution in [1.29, 1.82) is 0 Å². The predicted molar refractivity (Wildman–Crippen MR) is 88.6 cm³/mol. The molecule has 0 amide bonds. The normalized spacial score (nSPS) is 10.8. The Bertz CT molecular complexity index is 761. The van der Waals surface area contributed by atoms with Crippen molar-refractivity contribution in [1.82, 2.24) is 4.98 Å². The summed E-state index contributed by atoms with van der Waals surface area (Å²) in [4.78, 5) is 15.7. The van der Waals surface area contributed by atoms with Gasteiger partial charge in [0, 0.05) is 36.3 Å². The first kappa shape index (κ1) is 12.9. The Morgan fingerprint density at radius 3 is 2.58 bits per heavy atom. The fourth-order valence-electron chi connectivity index (χ4n) is 2.08. The van der Waals surface area contributed by atoms with Crippen molar-refractivity contribution in [2.24, 2.45) is 0 Å². The van der Waals surface area contributed by atoms with Crippen LogP contribution in [0.4, 0.5) is 0 Å². The van der Waals surface area contributed by atoms with Crippen LogP contribution in [0.15, 0.2) is 53.1 Å². The summed E-state index contributed by atoms with van der Waals surface area (Å²) in [5.41, 5.74) is 2.36. The fourth-order valence-corrected chi connectivity index (χ4v) is 3.02. The molecule has 3 rings (SSSR count). The van der Waals surface area contributed by atoms with E-state index < -0.39 is 0 Å². The molecule has 19 heavy (non-hydrogen) atoms. The van der Waals surface area contributed by atoms with Gasteiger partial charge in [-0.05, 0) is 59.0 Å². The van der Waals surface area contributed by atoms with Crippen LogP contribution in [0.1, 0.15) is 15.9 Å². The van der Waals surface area contributed by atoms with E-state index in [9.17, 15) is 4.79 Å². The van der Waals surface area contributed by atoms with E-state index in [2.05, 4.69) is 43.5 Å². The molecule has 1 N–H and O–H groups in total. The van der Waals surface area contributed by atoms with Gasteiger partial charge < -0.3 is 4.98 Å². The van der Waals surface area contributed by atoms with Crippen LogP contribution in [0.5, 0.6) is 0 Å². The first-order chi connectivity index (χ1) is 9.16. The highest BCUT2D eigenvalue weighted by molar-refractivity contribution is 14.1. The minimum atomic E-state index is 0.0366. The lowest BCUT2D eigenvalue weighted by atomic mass is 10.0. The van der Waals surface area contributed by atoms with Crippen molar-refractivity contribution in [3.8, 4) is 0 Å². The summed E-state index contributed by atoms with van der Waals surface area (Å²) in [7, 11) is 0. The molecule has 0 atom stereocenters. The fraction of sp³-hybridized carbons (Fsp3) is 0. The maximum Gasteiger partial charge on any atom is 0.195 e. The van der Waals surface area contributed by atoms with Crippen LogP contribution in [0, 0.1) is 3.57 Å². The molecule has 0 saturated heterocycles. The lowest BCUT2D eigenvalue weighted by molar-refractivity contribution is 0.104. The summed E-state index contributed by atoms with van der Waals surface area (Å²) in [6, 6.07) is 13.5. The van der Waals surface area contributed by atoms with Crippen molar-refractivity contribution in [3.05, 3.63) is 67.8 Å². The average molecular weight is 426 g/mol. The molecule has 0 radical (unpaired) electrons. The first-order valence-corrected chi connectivity index (χ1v) is 7.60. The van der Waals surface area contributed by atoms with Crippen LogP contribution < -0.4 is 0 Å². The molecular weight excluding hydrogens is 417 g/mol. The number of hydrogen-bond acceptors (Lipinski definition) is 1. The Morgan fingerprint density at radius 2 is 1.84 bits per heavy atom. The Kier molecular flexibility index (Phi) is 3.45. The van der Waals surface area contributed by atoms with Crippen molar-refractivity contribution in [2.75, 3.05) is 0 Å². The van der Waals surface area contributed by atoms with Crippen LogP contribution in [0.2, 0.25) is 0 Å². The molecule has 2 aromatic carbocycles. The van der Waals surface area contributed by atoms with E-state index in [1.165, 1.54) is 0 Å². The molecule has 1 aromatic heterocycles. The predicted octanol–water partition coefficient (Wildman–Crippen LogP) is 4.77. The summed E-state index contributed by atoms with van der Waals surface area (Å²) in [6.45, 7) is 0. The van der Waals surface area contributed by atoms with E-state index in [1.54, 1.807) is 6.20 Å². The van der Waals surface area contributed by atoms with E-state index in [0.717, 1.165) is 18.9 Å². The van der Waals surface area contributed by atoms with Gasteiger partial charge in [0.25, 0.3) is 0 Å². The van der Waals surface area contributed by atoms with Gasteiger partial charge in [-0.25, -0.2) is 0 Å². The number of nitrogens with one attached hydrogen (secondary N) is 1. The Labute approximate surface area is 132 Å². The van der Waals surface area contributed by atoms with E-state index in [0.29, 0.717) is 11.1 Å². The zero-order chi connectivity index (χ0) is 13.4. The third-order valence-corrected chi connectivity index (χ3v) is 4.39. The number of aromatic nitrogens is 1. The molecule has 4 heteroatoms. The van der Waals surface area contributed by atoms with Gasteiger partial charge in [0.05, 0.1) is 0 Å².